The van der Waals surface area contributed by atoms with Gasteiger partial charge in [0.1, 0.15) is 5.82 Å². The highest BCUT2D eigenvalue weighted by atomic mass is 35.5. The molecular weight excluding hydrogens is 302 g/mol. The molecule has 0 radical (unpaired) electrons. The fourth-order valence-corrected chi connectivity index (χ4v) is 2.73. The predicted octanol–water partition coefficient (Wildman–Crippen LogP) is 1.52. The summed E-state index contributed by atoms with van der Waals surface area (Å²) in [6.45, 7) is 3.40. The van der Waals surface area contributed by atoms with E-state index in [1.165, 1.54) is 0 Å². The second kappa shape index (κ2) is 8.80. The molecule has 1 aromatic rings. The van der Waals surface area contributed by atoms with Crippen LogP contribution in [0.3, 0.4) is 0 Å². The van der Waals surface area contributed by atoms with E-state index in [1.807, 2.05) is 12.1 Å². The van der Waals surface area contributed by atoms with Gasteiger partial charge in [-0.05, 0) is 25.0 Å². The van der Waals surface area contributed by atoms with E-state index in [9.17, 15) is 0 Å². The number of hydrogen-bond donors (Lipinski definition) is 2. The van der Waals surface area contributed by atoms with E-state index in [1.54, 1.807) is 20.4 Å². The van der Waals surface area contributed by atoms with Crippen LogP contribution in [0, 0.1) is 0 Å². The monoisotopic (exact) mass is 325 g/mol. The van der Waals surface area contributed by atoms with Gasteiger partial charge in [0.25, 0.3) is 0 Å². The Labute approximate surface area is 136 Å². The minimum absolute atomic E-state index is 0.340. The molecule has 2 rings (SSSR count). The lowest BCUT2D eigenvalue weighted by Crippen LogP contribution is -2.45. The average molecular weight is 326 g/mol. The number of anilines is 1. The summed E-state index contributed by atoms with van der Waals surface area (Å²) in [5, 5.41) is 7.44. The number of nitrogens with one attached hydrogen (secondary N) is 2. The molecule has 1 aliphatic heterocycles. The molecule has 1 unspecified atom stereocenters. The summed E-state index contributed by atoms with van der Waals surface area (Å²) >= 11 is 6.21. The molecule has 1 aromatic heterocycles. The SMILES string of the molecule is CN=C(NCCCOC)NC1CCN(c2ncccc2Cl)C1. The van der Waals surface area contributed by atoms with Gasteiger partial charge in [0, 0.05) is 52.6 Å². The number of nitrogens with zero attached hydrogens (tertiary/aromatic N) is 3. The smallest absolute Gasteiger partial charge is 0.191 e. The van der Waals surface area contributed by atoms with Crippen LogP contribution in [-0.4, -0.2) is 57.4 Å². The molecule has 1 saturated heterocycles. The number of guanidine groups is 1. The lowest BCUT2D eigenvalue weighted by atomic mass is 10.3. The lowest BCUT2D eigenvalue weighted by Gasteiger charge is -2.20. The molecule has 2 N–H and O–H groups in total. The number of ether oxygens (including phenoxy) is 1. The maximum Gasteiger partial charge on any atom is 0.191 e. The van der Waals surface area contributed by atoms with Gasteiger partial charge in [-0.15, -0.1) is 0 Å². The summed E-state index contributed by atoms with van der Waals surface area (Å²) in [5.41, 5.74) is 0. The Hall–Kier alpha value is -1.53. The van der Waals surface area contributed by atoms with Gasteiger partial charge in [0.05, 0.1) is 5.02 Å². The highest BCUT2D eigenvalue weighted by Crippen LogP contribution is 2.25. The molecule has 0 amide bonds. The van der Waals surface area contributed by atoms with Crippen molar-refractivity contribution < 1.29 is 4.74 Å². The molecule has 1 aliphatic rings. The molecule has 1 atom stereocenters. The first-order chi connectivity index (χ1) is 10.7. The summed E-state index contributed by atoms with van der Waals surface area (Å²) in [7, 11) is 3.50. The molecule has 1 fully saturated rings. The van der Waals surface area contributed by atoms with E-state index in [0.717, 1.165) is 50.9 Å². The number of halogens is 1. The second-order valence-electron chi connectivity index (χ2n) is 5.23. The summed E-state index contributed by atoms with van der Waals surface area (Å²) < 4.78 is 5.04. The summed E-state index contributed by atoms with van der Waals surface area (Å²) in [4.78, 5) is 10.8. The van der Waals surface area contributed by atoms with Gasteiger partial charge < -0.3 is 20.3 Å². The Bertz CT molecular complexity index is 497. The number of methoxy groups -OCH3 is 1. The molecule has 6 nitrogen and oxygen atoms in total. The van der Waals surface area contributed by atoms with E-state index in [4.69, 9.17) is 16.3 Å². The zero-order valence-electron chi connectivity index (χ0n) is 13.2. The first-order valence-electron chi connectivity index (χ1n) is 7.56. The van der Waals surface area contributed by atoms with Crippen LogP contribution in [0.1, 0.15) is 12.8 Å². The minimum Gasteiger partial charge on any atom is -0.385 e. The van der Waals surface area contributed by atoms with Crippen LogP contribution in [0.5, 0.6) is 0 Å². The highest BCUT2D eigenvalue weighted by molar-refractivity contribution is 6.32. The van der Waals surface area contributed by atoms with Crippen LogP contribution in [0.25, 0.3) is 0 Å². The van der Waals surface area contributed by atoms with Crippen LogP contribution in [0.2, 0.25) is 5.02 Å². The van der Waals surface area contributed by atoms with Crippen LogP contribution in [0.4, 0.5) is 5.82 Å². The Morgan fingerprint density at radius 1 is 1.59 bits per heavy atom. The molecule has 0 spiro atoms. The van der Waals surface area contributed by atoms with Gasteiger partial charge in [0.15, 0.2) is 5.96 Å². The third-order valence-electron chi connectivity index (χ3n) is 3.61. The predicted molar refractivity (Wildman–Crippen MR) is 90.9 cm³/mol. The lowest BCUT2D eigenvalue weighted by molar-refractivity contribution is 0.195. The van der Waals surface area contributed by atoms with Crippen LogP contribution >= 0.6 is 11.6 Å². The third-order valence-corrected chi connectivity index (χ3v) is 3.90. The second-order valence-corrected chi connectivity index (χ2v) is 5.64. The van der Waals surface area contributed by atoms with Gasteiger partial charge in [0.2, 0.25) is 0 Å². The quantitative estimate of drug-likeness (QED) is 0.472. The van der Waals surface area contributed by atoms with Crippen LogP contribution in [0.15, 0.2) is 23.3 Å². The van der Waals surface area contributed by atoms with E-state index < -0.39 is 0 Å². The molecule has 22 heavy (non-hydrogen) atoms. The Balaban J connectivity index is 1.81. The molecule has 0 bridgehead atoms. The third kappa shape index (κ3) is 4.74. The largest absolute Gasteiger partial charge is 0.385 e. The van der Waals surface area contributed by atoms with Crippen molar-refractivity contribution in [1.82, 2.24) is 15.6 Å². The number of aromatic nitrogens is 1. The number of aliphatic imine (C=N–C) groups is 1. The summed E-state index contributed by atoms with van der Waals surface area (Å²) in [6.07, 6.45) is 3.77. The highest BCUT2D eigenvalue weighted by Gasteiger charge is 2.25. The summed E-state index contributed by atoms with van der Waals surface area (Å²) in [6, 6.07) is 4.07. The summed E-state index contributed by atoms with van der Waals surface area (Å²) in [5.74, 6) is 1.69. The van der Waals surface area contributed by atoms with Crippen molar-refractivity contribution >= 4 is 23.4 Å². The van der Waals surface area contributed by atoms with Gasteiger partial charge in [-0.25, -0.2) is 4.98 Å². The van der Waals surface area contributed by atoms with Gasteiger partial charge in [-0.2, -0.15) is 0 Å². The molecule has 122 valence electrons. The van der Waals surface area contributed by atoms with Crippen molar-refractivity contribution in [2.45, 2.75) is 18.9 Å². The van der Waals surface area contributed by atoms with Crippen molar-refractivity contribution in [3.05, 3.63) is 23.4 Å². The van der Waals surface area contributed by atoms with Crippen molar-refractivity contribution in [3.63, 3.8) is 0 Å². The standard InChI is InChI=1S/C15H24ClN5O/c1-17-15(19-8-4-10-22-2)20-12-6-9-21(11-12)14-13(16)5-3-7-18-14/h3,5,7,12H,4,6,8-11H2,1-2H3,(H2,17,19,20). The maximum atomic E-state index is 6.21. The van der Waals surface area contributed by atoms with Crippen molar-refractivity contribution in [3.8, 4) is 0 Å². The topological polar surface area (TPSA) is 61.8 Å². The molecule has 7 heteroatoms. The molecule has 0 saturated carbocycles. The molecule has 0 aromatic carbocycles. The van der Waals surface area contributed by atoms with Gasteiger partial charge in [-0.3, -0.25) is 4.99 Å². The maximum absolute atomic E-state index is 6.21. The van der Waals surface area contributed by atoms with E-state index in [2.05, 4.69) is 25.5 Å². The van der Waals surface area contributed by atoms with Gasteiger partial charge >= 0.3 is 0 Å². The first kappa shape index (κ1) is 16.8. The van der Waals surface area contributed by atoms with Crippen molar-refractivity contribution in [1.29, 1.82) is 0 Å². The number of pyridine rings is 1. The molecule has 2 heterocycles. The van der Waals surface area contributed by atoms with E-state index >= 15 is 0 Å². The Morgan fingerprint density at radius 2 is 2.45 bits per heavy atom. The minimum atomic E-state index is 0.340. The van der Waals surface area contributed by atoms with Crippen LogP contribution < -0.4 is 15.5 Å². The fourth-order valence-electron chi connectivity index (χ4n) is 2.49. The van der Waals surface area contributed by atoms with E-state index in [-0.39, 0.29) is 0 Å². The number of rotatable bonds is 6. The van der Waals surface area contributed by atoms with E-state index in [0.29, 0.717) is 11.1 Å². The number of hydrogen-bond acceptors (Lipinski definition) is 4. The average Bonchev–Trinajstić information content (AvgIpc) is 2.99. The normalized spacial score (nSPS) is 18.6. The van der Waals surface area contributed by atoms with Crippen molar-refractivity contribution in [2.75, 3.05) is 45.3 Å². The Morgan fingerprint density at radius 3 is 3.18 bits per heavy atom. The zero-order chi connectivity index (χ0) is 15.8. The first-order valence-corrected chi connectivity index (χ1v) is 7.94. The van der Waals surface area contributed by atoms with Gasteiger partial charge in [-0.1, -0.05) is 11.6 Å². The zero-order valence-corrected chi connectivity index (χ0v) is 13.9. The van der Waals surface area contributed by atoms with Crippen molar-refractivity contribution in [2.24, 2.45) is 4.99 Å². The fraction of sp³-hybridized carbons (Fsp3) is 0.600. The van der Waals surface area contributed by atoms with Crippen LogP contribution in [-0.2, 0) is 4.74 Å². The molecule has 0 aliphatic carbocycles. The Kier molecular flexibility index (Phi) is 6.74. The molecular formula is C15H24ClN5O.